The molecule has 1 heterocycles. The number of halogens is 3. The molecular formula is C12H23F3N2O. The number of hydrogen-bond donors (Lipinski definition) is 1. The molecule has 0 aromatic rings. The zero-order valence-corrected chi connectivity index (χ0v) is 11.1. The molecular weight excluding hydrogens is 245 g/mol. The van der Waals surface area contributed by atoms with Crippen molar-refractivity contribution in [3.8, 4) is 0 Å². The Bertz CT molecular complexity index is 236. The fraction of sp³-hybridized carbons (Fsp3) is 1.00. The van der Waals surface area contributed by atoms with Gasteiger partial charge in [-0.2, -0.15) is 13.2 Å². The Kier molecular flexibility index (Phi) is 6.38. The van der Waals surface area contributed by atoms with E-state index in [2.05, 4.69) is 12.2 Å². The fourth-order valence-electron chi connectivity index (χ4n) is 2.35. The first-order chi connectivity index (χ1) is 8.40. The van der Waals surface area contributed by atoms with Crippen LogP contribution < -0.4 is 5.32 Å². The first-order valence-electron chi connectivity index (χ1n) is 6.39. The quantitative estimate of drug-likeness (QED) is 0.761. The van der Waals surface area contributed by atoms with E-state index >= 15 is 0 Å². The summed E-state index contributed by atoms with van der Waals surface area (Å²) < 4.78 is 41.6. The Balaban J connectivity index is 2.11. The third-order valence-electron chi connectivity index (χ3n) is 3.15. The van der Waals surface area contributed by atoms with Crippen LogP contribution >= 0.6 is 0 Å². The van der Waals surface area contributed by atoms with Gasteiger partial charge in [0.25, 0.3) is 0 Å². The molecule has 1 aliphatic heterocycles. The van der Waals surface area contributed by atoms with Crippen molar-refractivity contribution in [1.29, 1.82) is 0 Å². The summed E-state index contributed by atoms with van der Waals surface area (Å²) in [5.74, 6) is 0.768. The van der Waals surface area contributed by atoms with E-state index in [1.807, 2.05) is 0 Å². The minimum atomic E-state index is -4.07. The second-order valence-corrected chi connectivity index (χ2v) is 5.22. The molecule has 108 valence electrons. The normalized spacial score (nSPS) is 23.5. The molecule has 1 N–H and O–H groups in total. The van der Waals surface area contributed by atoms with Crippen molar-refractivity contribution >= 4 is 0 Å². The van der Waals surface area contributed by atoms with Crippen LogP contribution in [0.1, 0.15) is 13.3 Å². The van der Waals surface area contributed by atoms with Crippen LogP contribution in [0.15, 0.2) is 0 Å². The zero-order chi connectivity index (χ0) is 13.6. The maximum Gasteiger partial charge on any atom is 0.401 e. The minimum Gasteiger partial charge on any atom is -0.384 e. The number of nitrogens with one attached hydrogen (secondary N) is 1. The molecule has 0 radical (unpaired) electrons. The van der Waals surface area contributed by atoms with Crippen molar-refractivity contribution in [3.05, 3.63) is 0 Å². The van der Waals surface area contributed by atoms with Crippen molar-refractivity contribution in [2.45, 2.75) is 19.5 Å². The Morgan fingerprint density at radius 1 is 1.44 bits per heavy atom. The van der Waals surface area contributed by atoms with Gasteiger partial charge in [0.15, 0.2) is 0 Å². The van der Waals surface area contributed by atoms with E-state index in [4.69, 9.17) is 4.74 Å². The number of rotatable bonds is 7. The van der Waals surface area contributed by atoms with E-state index in [0.29, 0.717) is 31.5 Å². The van der Waals surface area contributed by atoms with E-state index in [1.165, 1.54) is 4.90 Å². The van der Waals surface area contributed by atoms with E-state index in [-0.39, 0.29) is 0 Å². The number of nitrogens with zero attached hydrogens (tertiary/aromatic N) is 1. The molecule has 0 bridgehead atoms. The molecule has 2 unspecified atom stereocenters. The van der Waals surface area contributed by atoms with Crippen LogP contribution in [0.4, 0.5) is 13.2 Å². The predicted octanol–water partition coefficient (Wildman–Crippen LogP) is 1.74. The third kappa shape index (κ3) is 6.56. The van der Waals surface area contributed by atoms with E-state index in [9.17, 15) is 13.2 Å². The van der Waals surface area contributed by atoms with Gasteiger partial charge < -0.3 is 10.1 Å². The lowest BCUT2D eigenvalue weighted by molar-refractivity contribution is -0.143. The highest BCUT2D eigenvalue weighted by Gasteiger charge is 2.34. The molecule has 6 heteroatoms. The second kappa shape index (κ2) is 7.31. The monoisotopic (exact) mass is 268 g/mol. The highest BCUT2D eigenvalue weighted by atomic mass is 19.4. The number of likely N-dealkylation sites (tertiary alicyclic amines) is 1. The van der Waals surface area contributed by atoms with Crippen LogP contribution in [0.5, 0.6) is 0 Å². The molecule has 1 saturated heterocycles. The highest BCUT2D eigenvalue weighted by molar-refractivity contribution is 4.78. The molecule has 1 rings (SSSR count). The molecule has 3 nitrogen and oxygen atoms in total. The minimum absolute atomic E-state index is 0.335. The first-order valence-corrected chi connectivity index (χ1v) is 6.39. The summed E-state index contributed by atoms with van der Waals surface area (Å²) in [5, 5.41) is 3.31. The molecule has 1 aliphatic rings. The lowest BCUT2D eigenvalue weighted by Gasteiger charge is -2.18. The summed E-state index contributed by atoms with van der Waals surface area (Å²) in [6.07, 6.45) is -3.23. The topological polar surface area (TPSA) is 24.5 Å². The Hall–Kier alpha value is -0.330. The van der Waals surface area contributed by atoms with Gasteiger partial charge in [-0.15, -0.1) is 0 Å². The van der Waals surface area contributed by atoms with Gasteiger partial charge in [0.1, 0.15) is 0 Å². The number of alkyl halides is 3. The third-order valence-corrected chi connectivity index (χ3v) is 3.15. The van der Waals surface area contributed by atoms with E-state index < -0.39 is 12.7 Å². The van der Waals surface area contributed by atoms with Crippen molar-refractivity contribution < 1.29 is 17.9 Å². The summed E-state index contributed by atoms with van der Waals surface area (Å²) in [6, 6.07) is 0. The molecule has 0 spiro atoms. The predicted molar refractivity (Wildman–Crippen MR) is 64.5 cm³/mol. The summed E-state index contributed by atoms with van der Waals surface area (Å²) in [5.41, 5.74) is 0. The van der Waals surface area contributed by atoms with Crippen LogP contribution in [0, 0.1) is 11.8 Å². The SMILES string of the molecule is COCC(C)CNCC1CCN(CC(F)(F)F)C1. The smallest absolute Gasteiger partial charge is 0.384 e. The average molecular weight is 268 g/mol. The van der Waals surface area contributed by atoms with Gasteiger partial charge in [0.2, 0.25) is 0 Å². The highest BCUT2D eigenvalue weighted by Crippen LogP contribution is 2.22. The molecule has 0 amide bonds. The van der Waals surface area contributed by atoms with Crippen LogP contribution in [0.3, 0.4) is 0 Å². The van der Waals surface area contributed by atoms with Crippen LogP contribution in [0.2, 0.25) is 0 Å². The van der Waals surface area contributed by atoms with Crippen molar-refractivity contribution in [2.24, 2.45) is 11.8 Å². The van der Waals surface area contributed by atoms with E-state index in [0.717, 1.165) is 19.5 Å². The molecule has 1 fully saturated rings. The van der Waals surface area contributed by atoms with Crippen LogP contribution in [0.25, 0.3) is 0 Å². The standard InChI is InChI=1S/C12H23F3N2O/c1-10(8-18-2)5-16-6-11-3-4-17(7-11)9-12(13,14)15/h10-11,16H,3-9H2,1-2H3. The number of ether oxygens (including phenoxy) is 1. The molecule has 0 aromatic heterocycles. The first kappa shape index (κ1) is 15.7. The average Bonchev–Trinajstić information content (AvgIpc) is 2.63. The van der Waals surface area contributed by atoms with Gasteiger partial charge in [-0.3, -0.25) is 4.90 Å². The Morgan fingerprint density at radius 3 is 2.78 bits per heavy atom. The van der Waals surface area contributed by atoms with Crippen molar-refractivity contribution in [1.82, 2.24) is 10.2 Å². The van der Waals surface area contributed by atoms with Crippen molar-refractivity contribution in [2.75, 3.05) is 46.4 Å². The summed E-state index contributed by atoms with van der Waals surface area (Å²) in [4.78, 5) is 1.49. The van der Waals surface area contributed by atoms with Crippen LogP contribution in [-0.4, -0.2) is 57.5 Å². The van der Waals surface area contributed by atoms with Crippen molar-refractivity contribution in [3.63, 3.8) is 0 Å². The maximum absolute atomic E-state index is 12.2. The molecule has 18 heavy (non-hydrogen) atoms. The summed E-state index contributed by atoms with van der Waals surface area (Å²) >= 11 is 0. The Morgan fingerprint density at radius 2 is 2.17 bits per heavy atom. The lowest BCUT2D eigenvalue weighted by atomic mass is 10.1. The van der Waals surface area contributed by atoms with Gasteiger partial charge in [0.05, 0.1) is 6.54 Å². The number of hydrogen-bond acceptors (Lipinski definition) is 3. The van der Waals surface area contributed by atoms with Gasteiger partial charge in [-0.25, -0.2) is 0 Å². The van der Waals surface area contributed by atoms with Gasteiger partial charge in [0, 0.05) is 20.3 Å². The Labute approximate surface area is 107 Å². The number of methoxy groups -OCH3 is 1. The molecule has 0 saturated carbocycles. The molecule has 0 aliphatic carbocycles. The van der Waals surface area contributed by atoms with Gasteiger partial charge in [-0.1, -0.05) is 6.92 Å². The van der Waals surface area contributed by atoms with E-state index in [1.54, 1.807) is 7.11 Å². The largest absolute Gasteiger partial charge is 0.401 e. The van der Waals surface area contributed by atoms with Gasteiger partial charge >= 0.3 is 6.18 Å². The van der Waals surface area contributed by atoms with Gasteiger partial charge in [-0.05, 0) is 37.9 Å². The lowest BCUT2D eigenvalue weighted by Crippen LogP contribution is -2.34. The zero-order valence-electron chi connectivity index (χ0n) is 11.1. The second-order valence-electron chi connectivity index (χ2n) is 5.22. The molecule has 2 atom stereocenters. The summed E-state index contributed by atoms with van der Waals surface area (Å²) in [7, 11) is 1.67. The summed E-state index contributed by atoms with van der Waals surface area (Å²) in [6.45, 7) is 4.76. The molecule has 0 aromatic carbocycles. The maximum atomic E-state index is 12.2. The van der Waals surface area contributed by atoms with Crippen LogP contribution in [-0.2, 0) is 4.74 Å². The fourth-order valence-corrected chi connectivity index (χ4v) is 2.35.